The van der Waals surface area contributed by atoms with Gasteiger partial charge in [-0.2, -0.15) is 13.2 Å². The molecule has 0 saturated heterocycles. The van der Waals surface area contributed by atoms with E-state index >= 15 is 0 Å². The molecule has 4 aliphatic rings. The molecule has 5 unspecified atom stereocenters. The van der Waals surface area contributed by atoms with E-state index < -0.39 is 17.6 Å². The summed E-state index contributed by atoms with van der Waals surface area (Å²) in [5, 5.41) is 3.31. The number of halogens is 5. The van der Waals surface area contributed by atoms with Gasteiger partial charge in [0.25, 0.3) is 0 Å². The molecule has 0 spiro atoms. The average molecular weight is 468 g/mol. The summed E-state index contributed by atoms with van der Waals surface area (Å²) in [6.07, 6.45) is -1.12. The molecule has 1 aromatic rings. The van der Waals surface area contributed by atoms with E-state index in [9.17, 15) is 13.2 Å². The predicted molar refractivity (Wildman–Crippen MR) is 94.3 cm³/mol. The third kappa shape index (κ3) is 2.62. The maximum absolute atomic E-state index is 13.8. The van der Waals surface area contributed by atoms with Crippen LogP contribution in [-0.2, 0) is 6.54 Å². The van der Waals surface area contributed by atoms with E-state index in [0.29, 0.717) is 31.0 Å². The number of hydrogen-bond acceptors (Lipinski definition) is 2. The normalized spacial score (nSPS) is 37.4. The van der Waals surface area contributed by atoms with Crippen molar-refractivity contribution in [2.24, 2.45) is 23.7 Å². The topological polar surface area (TPSA) is 38.0 Å². The lowest BCUT2D eigenvalue weighted by Gasteiger charge is -2.45. The van der Waals surface area contributed by atoms with Crippen LogP contribution < -0.4 is 11.1 Å². The van der Waals surface area contributed by atoms with Crippen LogP contribution in [0.15, 0.2) is 21.1 Å². The molecule has 132 valence electrons. The number of nitrogens with two attached hydrogens (primary N) is 1. The number of rotatable bonds is 3. The van der Waals surface area contributed by atoms with E-state index in [0.717, 1.165) is 27.4 Å². The van der Waals surface area contributed by atoms with Crippen molar-refractivity contribution in [1.82, 2.24) is 5.32 Å². The lowest BCUT2D eigenvalue weighted by Crippen LogP contribution is -2.57. The van der Waals surface area contributed by atoms with Crippen LogP contribution in [0.3, 0.4) is 0 Å². The Hall–Kier alpha value is -0.270. The van der Waals surface area contributed by atoms with Crippen molar-refractivity contribution in [3.8, 4) is 0 Å². The molecule has 0 aromatic heterocycles. The molecular weight excluding hydrogens is 449 g/mol. The van der Waals surface area contributed by atoms with E-state index in [4.69, 9.17) is 5.73 Å². The Balaban J connectivity index is 1.62. The number of anilines is 1. The highest BCUT2D eigenvalue weighted by Gasteiger charge is 2.69. The quantitative estimate of drug-likeness (QED) is 0.595. The van der Waals surface area contributed by atoms with Crippen LogP contribution in [0.5, 0.6) is 0 Å². The van der Waals surface area contributed by atoms with Crippen molar-refractivity contribution in [3.63, 3.8) is 0 Å². The molecule has 5 atom stereocenters. The van der Waals surface area contributed by atoms with Gasteiger partial charge in [0.1, 0.15) is 0 Å². The second-order valence-electron chi connectivity index (χ2n) is 7.66. The first-order valence-corrected chi connectivity index (χ1v) is 9.83. The van der Waals surface area contributed by atoms with Crippen molar-refractivity contribution in [1.29, 1.82) is 0 Å². The van der Waals surface area contributed by atoms with Crippen molar-refractivity contribution in [2.45, 2.75) is 43.9 Å². The predicted octanol–water partition coefficient (Wildman–Crippen LogP) is 5.25. The van der Waals surface area contributed by atoms with Crippen LogP contribution in [0.4, 0.5) is 18.9 Å². The van der Waals surface area contributed by atoms with Crippen molar-refractivity contribution in [3.05, 3.63) is 26.6 Å². The van der Waals surface area contributed by atoms with E-state index in [-0.39, 0.29) is 11.8 Å². The molecule has 1 aromatic carbocycles. The SMILES string of the molecule is Nc1c(Br)cc(Br)cc1CNC12CC3CC(C1)C(C3)C2C(F)(F)F. The van der Waals surface area contributed by atoms with Gasteiger partial charge in [0, 0.05) is 21.0 Å². The molecule has 4 saturated carbocycles. The third-order valence-corrected chi connectivity index (χ3v) is 7.43. The highest BCUT2D eigenvalue weighted by Crippen LogP contribution is 2.66. The number of hydrogen-bond donors (Lipinski definition) is 2. The summed E-state index contributed by atoms with van der Waals surface area (Å²) in [6.45, 7) is 0.364. The summed E-state index contributed by atoms with van der Waals surface area (Å²) >= 11 is 6.82. The molecule has 24 heavy (non-hydrogen) atoms. The van der Waals surface area contributed by atoms with E-state index in [2.05, 4.69) is 37.2 Å². The van der Waals surface area contributed by atoms with Gasteiger partial charge in [-0.3, -0.25) is 0 Å². The number of nitrogen functional groups attached to an aromatic ring is 1. The lowest BCUT2D eigenvalue weighted by atomic mass is 9.69. The van der Waals surface area contributed by atoms with Gasteiger partial charge < -0.3 is 11.1 Å². The average Bonchev–Trinajstić information content (AvgIpc) is 2.86. The largest absolute Gasteiger partial charge is 0.398 e. The molecule has 0 amide bonds. The Morgan fingerprint density at radius 1 is 1.21 bits per heavy atom. The smallest absolute Gasteiger partial charge is 0.393 e. The van der Waals surface area contributed by atoms with Gasteiger partial charge in [-0.1, -0.05) is 15.9 Å². The highest BCUT2D eigenvalue weighted by molar-refractivity contribution is 9.11. The Bertz CT molecular complexity index is 675. The molecule has 0 heterocycles. The van der Waals surface area contributed by atoms with Gasteiger partial charge in [-0.25, -0.2) is 0 Å². The second-order valence-corrected chi connectivity index (χ2v) is 9.43. The molecule has 3 N–H and O–H groups in total. The first-order chi connectivity index (χ1) is 11.2. The summed E-state index contributed by atoms with van der Waals surface area (Å²) in [6, 6.07) is 3.72. The van der Waals surface area contributed by atoms with Crippen LogP contribution >= 0.6 is 31.9 Å². The van der Waals surface area contributed by atoms with E-state index in [1.165, 1.54) is 0 Å². The second kappa shape index (κ2) is 5.61. The minimum Gasteiger partial charge on any atom is -0.398 e. The van der Waals surface area contributed by atoms with Gasteiger partial charge in [0.2, 0.25) is 0 Å². The Labute approximate surface area is 156 Å². The Kier molecular flexibility index (Phi) is 4.01. The Morgan fingerprint density at radius 2 is 1.96 bits per heavy atom. The fourth-order valence-corrected chi connectivity index (χ4v) is 7.00. The highest BCUT2D eigenvalue weighted by atomic mass is 79.9. The first-order valence-electron chi connectivity index (χ1n) is 8.25. The van der Waals surface area contributed by atoms with Crippen LogP contribution in [0.1, 0.15) is 31.2 Å². The van der Waals surface area contributed by atoms with Crippen molar-refractivity contribution in [2.75, 3.05) is 5.73 Å². The van der Waals surface area contributed by atoms with E-state index in [1.807, 2.05) is 12.1 Å². The summed E-state index contributed by atoms with van der Waals surface area (Å²) in [7, 11) is 0. The standard InChI is InChI=1S/C17H19Br2F3N2/c18-11-3-10(14(23)13(19)4-11)7-24-16-5-8-1-9(6-16)12(2-8)15(16)17(20,21)22/h3-4,8-9,12,15,24H,1-2,5-7,23H2. The molecule has 7 heteroatoms. The van der Waals surface area contributed by atoms with Crippen LogP contribution in [0.2, 0.25) is 0 Å². The molecule has 0 aliphatic heterocycles. The maximum atomic E-state index is 13.8. The molecule has 2 nitrogen and oxygen atoms in total. The summed E-state index contributed by atoms with van der Waals surface area (Å²) in [4.78, 5) is 0. The van der Waals surface area contributed by atoms with Crippen LogP contribution in [-0.4, -0.2) is 11.7 Å². The van der Waals surface area contributed by atoms with Gasteiger partial charge in [0.05, 0.1) is 11.6 Å². The van der Waals surface area contributed by atoms with Gasteiger partial charge in [-0.15, -0.1) is 0 Å². The first kappa shape index (κ1) is 17.2. The number of alkyl halides is 3. The molecule has 4 aliphatic carbocycles. The minimum absolute atomic E-state index is 0.192. The van der Waals surface area contributed by atoms with Gasteiger partial charge >= 0.3 is 6.18 Å². The van der Waals surface area contributed by atoms with Gasteiger partial charge in [0.15, 0.2) is 0 Å². The fourth-order valence-electron chi connectivity index (χ4n) is 5.68. The van der Waals surface area contributed by atoms with E-state index in [1.54, 1.807) is 0 Å². The minimum atomic E-state index is -4.13. The monoisotopic (exact) mass is 466 g/mol. The van der Waals surface area contributed by atoms with Crippen molar-refractivity contribution < 1.29 is 13.2 Å². The molecule has 0 radical (unpaired) electrons. The lowest BCUT2D eigenvalue weighted by molar-refractivity contribution is -0.209. The third-order valence-electron chi connectivity index (χ3n) is 6.31. The summed E-state index contributed by atoms with van der Waals surface area (Å²) < 4.78 is 42.9. The molecule has 4 bridgehead atoms. The molecule has 4 fully saturated rings. The fraction of sp³-hybridized carbons (Fsp3) is 0.647. The molecule has 5 rings (SSSR count). The zero-order chi connectivity index (χ0) is 17.3. The number of benzene rings is 1. The zero-order valence-corrected chi connectivity index (χ0v) is 16.1. The van der Waals surface area contributed by atoms with Gasteiger partial charge in [-0.05, 0) is 77.1 Å². The Morgan fingerprint density at radius 3 is 2.67 bits per heavy atom. The number of nitrogens with one attached hydrogen (secondary N) is 1. The molecular formula is C17H19Br2F3N2. The zero-order valence-electron chi connectivity index (χ0n) is 13.0. The van der Waals surface area contributed by atoms with Crippen LogP contribution in [0, 0.1) is 23.7 Å². The summed E-state index contributed by atoms with van der Waals surface area (Å²) in [5.74, 6) is -0.727. The summed E-state index contributed by atoms with van der Waals surface area (Å²) in [5.41, 5.74) is 6.69. The van der Waals surface area contributed by atoms with Crippen LogP contribution in [0.25, 0.3) is 0 Å². The maximum Gasteiger partial charge on any atom is 0.393 e. The van der Waals surface area contributed by atoms with Crippen molar-refractivity contribution >= 4 is 37.5 Å².